The van der Waals surface area contributed by atoms with Gasteiger partial charge < -0.3 is 5.11 Å². The summed E-state index contributed by atoms with van der Waals surface area (Å²) in [7, 11) is -4.06. The van der Waals surface area contributed by atoms with E-state index in [1.165, 1.54) is 12.1 Å². The van der Waals surface area contributed by atoms with E-state index in [1.807, 2.05) is 0 Å². The second-order valence-corrected chi connectivity index (χ2v) is 7.30. The van der Waals surface area contributed by atoms with Crippen LogP contribution in [0.4, 0.5) is 14.5 Å². The van der Waals surface area contributed by atoms with E-state index in [1.54, 1.807) is 13.0 Å². The van der Waals surface area contributed by atoms with Crippen LogP contribution in [0.5, 0.6) is 0 Å². The molecule has 1 saturated carbocycles. The highest BCUT2D eigenvalue weighted by molar-refractivity contribution is 7.92. The molecule has 0 spiro atoms. The highest BCUT2D eigenvalue weighted by atomic mass is 32.2. The van der Waals surface area contributed by atoms with Crippen molar-refractivity contribution in [3.63, 3.8) is 0 Å². The summed E-state index contributed by atoms with van der Waals surface area (Å²) in [6.07, 6.45) is 0.128. The number of anilines is 1. The highest BCUT2D eigenvalue weighted by Crippen LogP contribution is 2.41. The van der Waals surface area contributed by atoms with Gasteiger partial charge in [-0.3, -0.25) is 4.72 Å². The first kappa shape index (κ1) is 16.7. The zero-order valence-corrected chi connectivity index (χ0v) is 12.8. The summed E-state index contributed by atoms with van der Waals surface area (Å²) < 4.78 is 53.6. The molecular formula is C14H17F2NO4S. The number of rotatable bonds is 5. The lowest BCUT2D eigenvalue weighted by Crippen LogP contribution is -2.31. The number of halogens is 2. The average molecular weight is 333 g/mol. The van der Waals surface area contributed by atoms with E-state index in [9.17, 15) is 22.0 Å². The van der Waals surface area contributed by atoms with Gasteiger partial charge in [-0.1, -0.05) is 12.1 Å². The van der Waals surface area contributed by atoms with Crippen molar-refractivity contribution < 1.29 is 27.1 Å². The first-order valence-electron chi connectivity index (χ1n) is 6.83. The van der Waals surface area contributed by atoms with Crippen LogP contribution in [0, 0.1) is 12.8 Å². The summed E-state index contributed by atoms with van der Waals surface area (Å²) in [6, 6.07) is 4.30. The molecule has 5 nitrogen and oxygen atoms in total. The average Bonchev–Trinajstić information content (AvgIpc) is 2.70. The van der Waals surface area contributed by atoms with Crippen molar-refractivity contribution in [2.24, 2.45) is 5.92 Å². The van der Waals surface area contributed by atoms with Gasteiger partial charge >= 0.3 is 5.97 Å². The molecule has 1 unspecified atom stereocenters. The van der Waals surface area contributed by atoms with E-state index in [2.05, 4.69) is 4.72 Å². The van der Waals surface area contributed by atoms with Gasteiger partial charge in [0.15, 0.2) is 0 Å². The molecule has 0 aliphatic heterocycles. The Morgan fingerprint density at radius 3 is 2.68 bits per heavy atom. The van der Waals surface area contributed by atoms with Crippen molar-refractivity contribution in [2.75, 3.05) is 10.5 Å². The number of hydrogen-bond acceptors (Lipinski definition) is 3. The molecule has 1 atom stereocenters. The molecule has 0 bridgehead atoms. The van der Waals surface area contributed by atoms with Crippen LogP contribution in [0.3, 0.4) is 0 Å². The van der Waals surface area contributed by atoms with E-state index >= 15 is 0 Å². The van der Waals surface area contributed by atoms with E-state index in [4.69, 9.17) is 5.11 Å². The molecule has 22 heavy (non-hydrogen) atoms. The number of alkyl halides is 2. The second-order valence-electron chi connectivity index (χ2n) is 5.54. The van der Waals surface area contributed by atoms with Crippen LogP contribution in [0.1, 0.15) is 35.2 Å². The van der Waals surface area contributed by atoms with Crippen molar-refractivity contribution in [1.29, 1.82) is 0 Å². The molecular weight excluding hydrogens is 316 g/mol. The lowest BCUT2D eigenvalue weighted by molar-refractivity contribution is -0.0287. The van der Waals surface area contributed by atoms with Gasteiger partial charge in [0.1, 0.15) is 0 Å². The lowest BCUT2D eigenvalue weighted by Gasteiger charge is -2.20. The summed E-state index contributed by atoms with van der Waals surface area (Å²) in [5.74, 6) is -6.22. The van der Waals surface area contributed by atoms with Gasteiger partial charge in [0.25, 0.3) is 5.92 Å². The van der Waals surface area contributed by atoms with Crippen molar-refractivity contribution in [2.45, 2.75) is 32.1 Å². The zero-order valence-electron chi connectivity index (χ0n) is 12.0. The van der Waals surface area contributed by atoms with Crippen LogP contribution in [0.15, 0.2) is 18.2 Å². The molecule has 2 N–H and O–H groups in total. The van der Waals surface area contributed by atoms with Crippen LogP contribution in [-0.2, 0) is 10.0 Å². The third-order valence-electron chi connectivity index (χ3n) is 3.84. The third kappa shape index (κ3) is 3.55. The number of nitrogens with one attached hydrogen (secondary N) is 1. The molecule has 1 aliphatic carbocycles. The van der Waals surface area contributed by atoms with Gasteiger partial charge in [0, 0.05) is 12.3 Å². The summed E-state index contributed by atoms with van der Waals surface area (Å²) >= 11 is 0. The SMILES string of the molecule is Cc1cccc(C(=O)O)c1NS(=O)(=O)CC1CCCC1(F)F. The molecule has 0 radical (unpaired) electrons. The number of carboxylic acid groups (broad SMARTS) is 1. The fraction of sp³-hybridized carbons (Fsp3) is 0.500. The third-order valence-corrected chi connectivity index (χ3v) is 5.20. The Labute approximate surface area is 127 Å². The molecule has 1 aliphatic rings. The van der Waals surface area contributed by atoms with Gasteiger partial charge in [-0.25, -0.2) is 22.0 Å². The predicted octanol–water partition coefficient (Wildman–Crippen LogP) is 2.87. The Kier molecular flexibility index (Phi) is 4.42. The summed E-state index contributed by atoms with van der Waals surface area (Å²) in [5, 5.41) is 9.10. The number of carbonyl (C=O) groups is 1. The molecule has 1 fully saturated rings. The van der Waals surface area contributed by atoms with E-state index < -0.39 is 33.6 Å². The van der Waals surface area contributed by atoms with E-state index in [-0.39, 0.29) is 30.5 Å². The van der Waals surface area contributed by atoms with E-state index in [0.717, 1.165) is 0 Å². The Bertz CT molecular complexity index is 688. The first-order valence-corrected chi connectivity index (χ1v) is 8.49. The number of carboxylic acids is 1. The molecule has 1 aromatic rings. The van der Waals surface area contributed by atoms with Crippen LogP contribution in [0.25, 0.3) is 0 Å². The van der Waals surface area contributed by atoms with Crippen molar-refractivity contribution >= 4 is 21.7 Å². The minimum atomic E-state index is -4.06. The number of aryl methyl sites for hydroxylation is 1. The van der Waals surface area contributed by atoms with Gasteiger partial charge in [0.2, 0.25) is 10.0 Å². The van der Waals surface area contributed by atoms with Crippen molar-refractivity contribution in [3.05, 3.63) is 29.3 Å². The molecule has 0 heterocycles. The van der Waals surface area contributed by atoms with Crippen LogP contribution < -0.4 is 4.72 Å². The molecule has 1 aromatic carbocycles. The standard InChI is InChI=1S/C14H17F2NO4S/c1-9-4-2-6-11(13(18)19)12(9)17-22(20,21)8-10-5-3-7-14(10,15)16/h2,4,6,10,17H,3,5,7-8H2,1H3,(H,18,19). The highest BCUT2D eigenvalue weighted by Gasteiger charge is 2.45. The summed E-state index contributed by atoms with van der Waals surface area (Å²) in [6.45, 7) is 1.55. The van der Waals surface area contributed by atoms with Crippen molar-refractivity contribution in [1.82, 2.24) is 0 Å². The number of para-hydroxylation sites is 1. The Balaban J connectivity index is 2.25. The lowest BCUT2D eigenvalue weighted by atomic mass is 10.1. The quantitative estimate of drug-likeness (QED) is 0.868. The van der Waals surface area contributed by atoms with Crippen LogP contribution in [-0.4, -0.2) is 31.2 Å². The predicted molar refractivity (Wildman–Crippen MR) is 77.8 cm³/mol. The molecule has 0 amide bonds. The topological polar surface area (TPSA) is 83.5 Å². The smallest absolute Gasteiger partial charge is 0.337 e. The Hall–Kier alpha value is -1.70. The van der Waals surface area contributed by atoms with E-state index in [0.29, 0.717) is 5.56 Å². The number of aromatic carboxylic acids is 1. The maximum Gasteiger partial charge on any atom is 0.337 e. The minimum absolute atomic E-state index is 0.0729. The monoisotopic (exact) mass is 333 g/mol. The summed E-state index contributed by atoms with van der Waals surface area (Å²) in [4.78, 5) is 11.2. The van der Waals surface area contributed by atoms with Gasteiger partial charge in [-0.15, -0.1) is 0 Å². The maximum absolute atomic E-state index is 13.6. The molecule has 2 rings (SSSR count). The summed E-state index contributed by atoms with van der Waals surface area (Å²) in [5.41, 5.74) is 0.139. The fourth-order valence-electron chi connectivity index (χ4n) is 2.65. The Morgan fingerprint density at radius 2 is 2.14 bits per heavy atom. The second kappa shape index (κ2) is 5.83. The molecule has 0 saturated heterocycles. The van der Waals surface area contributed by atoms with Gasteiger partial charge in [0.05, 0.1) is 17.0 Å². The van der Waals surface area contributed by atoms with Crippen LogP contribution in [0.2, 0.25) is 0 Å². The largest absolute Gasteiger partial charge is 0.478 e. The number of benzene rings is 1. The molecule has 8 heteroatoms. The fourth-order valence-corrected chi connectivity index (χ4v) is 4.25. The molecule has 122 valence electrons. The van der Waals surface area contributed by atoms with Crippen molar-refractivity contribution in [3.8, 4) is 0 Å². The first-order chi connectivity index (χ1) is 10.1. The minimum Gasteiger partial charge on any atom is -0.478 e. The van der Waals surface area contributed by atoms with Gasteiger partial charge in [-0.2, -0.15) is 0 Å². The van der Waals surface area contributed by atoms with Crippen LogP contribution >= 0.6 is 0 Å². The number of hydrogen-bond donors (Lipinski definition) is 2. The zero-order chi connectivity index (χ0) is 16.5. The normalized spacial score (nSPS) is 20.8. The van der Waals surface area contributed by atoms with Gasteiger partial charge in [-0.05, 0) is 31.4 Å². The molecule has 0 aromatic heterocycles. The maximum atomic E-state index is 13.6. The number of sulfonamides is 1. The Morgan fingerprint density at radius 1 is 1.45 bits per heavy atom.